The maximum Gasteiger partial charge on any atom is 0.249 e. The Morgan fingerprint density at radius 2 is 1.42 bits per heavy atom. The monoisotopic (exact) mass is 349 g/mol. The van der Waals surface area contributed by atoms with Crippen molar-refractivity contribution >= 4 is 12.3 Å². The minimum Gasteiger partial charge on any atom is -0.377 e. The van der Waals surface area contributed by atoms with Gasteiger partial charge in [-0.1, -0.05) is 0 Å². The average molecular weight is 349 g/mol. The van der Waals surface area contributed by atoms with Gasteiger partial charge in [-0.15, -0.1) is 0 Å². The van der Waals surface area contributed by atoms with E-state index in [0.717, 1.165) is 6.41 Å². The highest BCUT2D eigenvalue weighted by Gasteiger charge is 2.06. The van der Waals surface area contributed by atoms with Gasteiger partial charge in [0.1, 0.15) is 6.61 Å². The average Bonchev–Trinajstić information content (AvgIpc) is 2.58. The SMILES string of the molecule is CNCN(C)C(=O)COCCOCCOCCOCCN(C)C=O. The molecule has 0 bridgehead atoms. The molecule has 0 saturated heterocycles. The van der Waals surface area contributed by atoms with Crippen LogP contribution in [0, 0.1) is 0 Å². The molecule has 0 aliphatic carbocycles. The van der Waals surface area contributed by atoms with Gasteiger partial charge in [0.25, 0.3) is 0 Å². The smallest absolute Gasteiger partial charge is 0.249 e. The predicted molar refractivity (Wildman–Crippen MR) is 88.7 cm³/mol. The fourth-order valence-corrected chi connectivity index (χ4v) is 1.52. The maximum atomic E-state index is 11.5. The van der Waals surface area contributed by atoms with E-state index in [1.165, 1.54) is 4.90 Å². The molecule has 24 heavy (non-hydrogen) atoms. The predicted octanol–water partition coefficient (Wildman–Crippen LogP) is -1.22. The van der Waals surface area contributed by atoms with Crippen molar-refractivity contribution in [2.75, 3.05) is 87.2 Å². The van der Waals surface area contributed by atoms with Gasteiger partial charge in [0.15, 0.2) is 0 Å². The zero-order valence-corrected chi connectivity index (χ0v) is 15.0. The molecule has 0 atom stereocenters. The molecule has 0 heterocycles. The Kier molecular flexibility index (Phi) is 15.7. The first-order chi connectivity index (χ1) is 11.6. The van der Waals surface area contributed by atoms with E-state index >= 15 is 0 Å². The molecule has 2 amide bonds. The van der Waals surface area contributed by atoms with Crippen molar-refractivity contribution in [3.63, 3.8) is 0 Å². The molecule has 0 rings (SSSR count). The third-order valence-corrected chi connectivity index (χ3v) is 2.93. The highest BCUT2D eigenvalue weighted by atomic mass is 16.6. The summed E-state index contributed by atoms with van der Waals surface area (Å²) in [6, 6.07) is 0. The molecule has 9 nitrogen and oxygen atoms in total. The van der Waals surface area contributed by atoms with Crippen LogP contribution < -0.4 is 5.32 Å². The van der Waals surface area contributed by atoms with Crippen molar-refractivity contribution in [2.45, 2.75) is 0 Å². The quantitative estimate of drug-likeness (QED) is 0.200. The molecule has 0 aromatic carbocycles. The van der Waals surface area contributed by atoms with Gasteiger partial charge in [0, 0.05) is 20.6 Å². The zero-order valence-electron chi connectivity index (χ0n) is 15.0. The molecule has 0 aliphatic heterocycles. The normalized spacial score (nSPS) is 10.6. The second kappa shape index (κ2) is 16.6. The first kappa shape index (κ1) is 22.7. The molecule has 9 heteroatoms. The van der Waals surface area contributed by atoms with Crippen LogP contribution in [0.4, 0.5) is 0 Å². The number of hydrogen-bond donors (Lipinski definition) is 1. The van der Waals surface area contributed by atoms with Crippen molar-refractivity contribution in [3.05, 3.63) is 0 Å². The van der Waals surface area contributed by atoms with Crippen LogP contribution in [0.25, 0.3) is 0 Å². The molecule has 142 valence electrons. The second-order valence-electron chi connectivity index (χ2n) is 5.08. The van der Waals surface area contributed by atoms with Gasteiger partial charge in [-0.2, -0.15) is 0 Å². The van der Waals surface area contributed by atoms with Gasteiger partial charge in [-0.3, -0.25) is 9.59 Å². The number of likely N-dealkylation sites (N-methyl/N-ethyl adjacent to an activating group) is 2. The van der Waals surface area contributed by atoms with Crippen molar-refractivity contribution < 1.29 is 28.5 Å². The molecule has 0 radical (unpaired) electrons. The van der Waals surface area contributed by atoms with E-state index in [0.29, 0.717) is 59.5 Å². The largest absolute Gasteiger partial charge is 0.377 e. The Bertz CT molecular complexity index is 320. The summed E-state index contributed by atoms with van der Waals surface area (Å²) in [4.78, 5) is 24.9. The van der Waals surface area contributed by atoms with Crippen LogP contribution in [-0.2, 0) is 28.5 Å². The molecule has 1 N–H and O–H groups in total. The number of nitrogens with zero attached hydrogens (tertiary/aromatic N) is 2. The lowest BCUT2D eigenvalue weighted by atomic mass is 10.6. The van der Waals surface area contributed by atoms with E-state index in [2.05, 4.69) is 5.32 Å². The Balaban J connectivity index is 3.20. The molecule has 0 unspecified atom stereocenters. The van der Waals surface area contributed by atoms with Gasteiger partial charge in [0.2, 0.25) is 12.3 Å². The zero-order chi connectivity index (χ0) is 18.0. The highest BCUT2D eigenvalue weighted by molar-refractivity contribution is 5.77. The van der Waals surface area contributed by atoms with Gasteiger partial charge in [0.05, 0.1) is 52.9 Å². The van der Waals surface area contributed by atoms with Crippen LogP contribution in [0.2, 0.25) is 0 Å². The number of ether oxygens (including phenoxy) is 4. The van der Waals surface area contributed by atoms with Gasteiger partial charge < -0.3 is 34.1 Å². The summed E-state index contributed by atoms with van der Waals surface area (Å²) in [7, 11) is 5.18. The summed E-state index contributed by atoms with van der Waals surface area (Å²) in [6.45, 7) is 4.30. The third kappa shape index (κ3) is 14.3. The Morgan fingerprint density at radius 1 is 0.917 bits per heavy atom. The Morgan fingerprint density at radius 3 is 1.92 bits per heavy atom. The number of carbonyl (C=O) groups excluding carboxylic acids is 2. The summed E-state index contributed by atoms with van der Waals surface area (Å²) in [5.41, 5.74) is 0. The maximum absolute atomic E-state index is 11.5. The van der Waals surface area contributed by atoms with Crippen LogP contribution in [0.15, 0.2) is 0 Å². The summed E-state index contributed by atoms with van der Waals surface area (Å²) >= 11 is 0. The Hall–Kier alpha value is -1.26. The number of rotatable bonds is 17. The van der Waals surface area contributed by atoms with Crippen LogP contribution in [0.5, 0.6) is 0 Å². The number of carbonyl (C=O) groups is 2. The lowest BCUT2D eigenvalue weighted by Gasteiger charge is -2.16. The van der Waals surface area contributed by atoms with E-state index in [1.54, 1.807) is 26.0 Å². The third-order valence-electron chi connectivity index (χ3n) is 2.93. The van der Waals surface area contributed by atoms with E-state index in [4.69, 9.17) is 18.9 Å². The standard InChI is InChI=1S/C15H31N3O6/c1-16-13-18(3)15(20)12-24-11-10-23-9-8-22-7-6-21-5-4-17(2)14-19/h14,16H,4-13H2,1-3H3. The van der Waals surface area contributed by atoms with E-state index in [-0.39, 0.29) is 12.5 Å². The lowest BCUT2D eigenvalue weighted by molar-refractivity contribution is -0.135. The highest BCUT2D eigenvalue weighted by Crippen LogP contribution is 1.86. The molecule has 0 saturated carbocycles. The van der Waals surface area contributed by atoms with Crippen LogP contribution in [0.3, 0.4) is 0 Å². The van der Waals surface area contributed by atoms with E-state index in [1.807, 2.05) is 0 Å². The molecule has 0 aromatic heterocycles. The van der Waals surface area contributed by atoms with Crippen molar-refractivity contribution in [3.8, 4) is 0 Å². The van der Waals surface area contributed by atoms with Gasteiger partial charge >= 0.3 is 0 Å². The molecule has 0 aliphatic rings. The summed E-state index contributed by atoms with van der Waals surface area (Å²) in [5, 5.41) is 2.89. The Labute approximate surface area is 144 Å². The summed E-state index contributed by atoms with van der Waals surface area (Å²) in [5.74, 6) is -0.0768. The fourth-order valence-electron chi connectivity index (χ4n) is 1.52. The molecule has 0 aromatic rings. The molecular weight excluding hydrogens is 318 g/mol. The topological polar surface area (TPSA) is 89.6 Å². The van der Waals surface area contributed by atoms with Crippen molar-refractivity contribution in [1.82, 2.24) is 15.1 Å². The van der Waals surface area contributed by atoms with Crippen molar-refractivity contribution in [1.29, 1.82) is 0 Å². The van der Waals surface area contributed by atoms with Gasteiger partial charge in [-0.05, 0) is 7.05 Å². The van der Waals surface area contributed by atoms with Gasteiger partial charge in [-0.25, -0.2) is 0 Å². The summed E-state index contributed by atoms with van der Waals surface area (Å²) < 4.78 is 21.2. The first-order valence-corrected chi connectivity index (χ1v) is 7.97. The molecular formula is C15H31N3O6. The number of amides is 2. The van der Waals surface area contributed by atoms with E-state index in [9.17, 15) is 9.59 Å². The summed E-state index contributed by atoms with van der Waals surface area (Å²) in [6.07, 6.45) is 0.761. The van der Waals surface area contributed by atoms with Crippen LogP contribution in [0.1, 0.15) is 0 Å². The molecule has 0 fully saturated rings. The fraction of sp³-hybridized carbons (Fsp3) is 0.867. The minimum atomic E-state index is -0.0768. The second-order valence-corrected chi connectivity index (χ2v) is 5.08. The van der Waals surface area contributed by atoms with Crippen LogP contribution in [-0.4, -0.2) is 109 Å². The van der Waals surface area contributed by atoms with Crippen LogP contribution >= 0.6 is 0 Å². The lowest BCUT2D eigenvalue weighted by Crippen LogP contribution is -2.36. The molecule has 0 spiro atoms. The number of nitrogens with one attached hydrogen (secondary N) is 1. The van der Waals surface area contributed by atoms with Crippen molar-refractivity contribution in [2.24, 2.45) is 0 Å². The van der Waals surface area contributed by atoms with E-state index < -0.39 is 0 Å². The number of hydrogen-bond acceptors (Lipinski definition) is 7. The minimum absolute atomic E-state index is 0.0503. The first-order valence-electron chi connectivity index (χ1n) is 7.97.